The molecule has 0 spiro atoms. The Morgan fingerprint density at radius 1 is 1.35 bits per heavy atom. The van der Waals surface area contributed by atoms with Crippen molar-refractivity contribution in [1.82, 2.24) is 5.32 Å². The maximum atomic E-state index is 12.7. The first-order valence-corrected chi connectivity index (χ1v) is 9.08. The number of sulfone groups is 1. The SMILES string of the molecule is COCc1cccc(NC(=O)C2(S(C)(=O)=O)CCNCC2)c1.Cl. The van der Waals surface area contributed by atoms with E-state index in [0.717, 1.165) is 11.8 Å². The average Bonchev–Trinajstić information content (AvgIpc) is 2.47. The number of carbonyl (C=O) groups is 1. The predicted molar refractivity (Wildman–Crippen MR) is 92.7 cm³/mol. The van der Waals surface area contributed by atoms with Gasteiger partial charge in [0.15, 0.2) is 14.6 Å². The van der Waals surface area contributed by atoms with Crippen LogP contribution in [0.1, 0.15) is 18.4 Å². The first-order valence-electron chi connectivity index (χ1n) is 7.19. The van der Waals surface area contributed by atoms with Gasteiger partial charge in [-0.05, 0) is 43.6 Å². The molecule has 0 aliphatic carbocycles. The monoisotopic (exact) mass is 362 g/mol. The number of methoxy groups -OCH3 is 1. The van der Waals surface area contributed by atoms with Gasteiger partial charge in [0.1, 0.15) is 0 Å². The lowest BCUT2D eigenvalue weighted by Gasteiger charge is -2.34. The zero-order valence-corrected chi connectivity index (χ0v) is 14.9. The fraction of sp³-hybridized carbons (Fsp3) is 0.533. The van der Waals surface area contributed by atoms with Crippen molar-refractivity contribution in [2.45, 2.75) is 24.2 Å². The van der Waals surface area contributed by atoms with E-state index in [4.69, 9.17) is 4.74 Å². The van der Waals surface area contributed by atoms with Crippen LogP contribution in [0.3, 0.4) is 0 Å². The smallest absolute Gasteiger partial charge is 0.245 e. The molecule has 6 nitrogen and oxygen atoms in total. The summed E-state index contributed by atoms with van der Waals surface area (Å²) < 4.78 is 28.1. The molecular formula is C15H23ClN2O4S. The zero-order valence-electron chi connectivity index (χ0n) is 13.3. The van der Waals surface area contributed by atoms with Crippen LogP contribution in [0.25, 0.3) is 0 Å². The lowest BCUT2D eigenvalue weighted by atomic mass is 9.95. The average molecular weight is 363 g/mol. The molecule has 8 heteroatoms. The molecule has 1 aromatic carbocycles. The molecule has 1 aromatic rings. The van der Waals surface area contributed by atoms with Crippen molar-refractivity contribution in [2.75, 3.05) is 31.8 Å². The van der Waals surface area contributed by atoms with E-state index in [-0.39, 0.29) is 25.2 Å². The molecule has 0 saturated carbocycles. The number of benzene rings is 1. The Labute approximate surface area is 143 Å². The van der Waals surface area contributed by atoms with Crippen LogP contribution in [0.4, 0.5) is 5.69 Å². The molecule has 1 aliphatic heterocycles. The van der Waals surface area contributed by atoms with Crippen LogP contribution in [0.2, 0.25) is 0 Å². The van der Waals surface area contributed by atoms with Crippen molar-refractivity contribution in [1.29, 1.82) is 0 Å². The van der Waals surface area contributed by atoms with Crippen molar-refractivity contribution >= 4 is 33.8 Å². The van der Waals surface area contributed by atoms with Gasteiger partial charge in [-0.1, -0.05) is 12.1 Å². The van der Waals surface area contributed by atoms with Gasteiger partial charge in [0, 0.05) is 19.1 Å². The second-order valence-electron chi connectivity index (χ2n) is 5.60. The standard InChI is InChI=1S/C15H22N2O4S.ClH/c1-21-11-12-4-3-5-13(10-12)17-14(18)15(22(2,19)20)6-8-16-9-7-15;/h3-5,10,16H,6-9,11H2,1-2H3,(H,17,18);1H. The van der Waals surface area contributed by atoms with Crippen LogP contribution in [0.5, 0.6) is 0 Å². The number of nitrogens with one attached hydrogen (secondary N) is 2. The Hall–Kier alpha value is -1.15. The number of piperidine rings is 1. The Morgan fingerprint density at radius 2 is 2.00 bits per heavy atom. The van der Waals surface area contributed by atoms with Crippen LogP contribution in [-0.2, 0) is 26.0 Å². The van der Waals surface area contributed by atoms with Gasteiger partial charge in [-0.25, -0.2) is 8.42 Å². The van der Waals surface area contributed by atoms with Crippen LogP contribution < -0.4 is 10.6 Å². The van der Waals surface area contributed by atoms with Crippen molar-refractivity contribution in [2.24, 2.45) is 0 Å². The van der Waals surface area contributed by atoms with Gasteiger partial charge in [0.2, 0.25) is 5.91 Å². The summed E-state index contributed by atoms with van der Waals surface area (Å²) >= 11 is 0. The van der Waals surface area contributed by atoms with E-state index in [0.29, 0.717) is 25.4 Å². The summed E-state index contributed by atoms with van der Waals surface area (Å²) in [7, 11) is -1.91. The molecule has 2 rings (SSSR count). The lowest BCUT2D eigenvalue weighted by molar-refractivity contribution is -0.119. The number of carbonyl (C=O) groups excluding carboxylic acids is 1. The van der Waals surface area contributed by atoms with Crippen LogP contribution in [-0.4, -0.2) is 45.5 Å². The van der Waals surface area contributed by atoms with E-state index < -0.39 is 20.5 Å². The third kappa shape index (κ3) is 4.44. The van der Waals surface area contributed by atoms with Gasteiger partial charge >= 0.3 is 0 Å². The normalized spacial score (nSPS) is 17.1. The van der Waals surface area contributed by atoms with E-state index >= 15 is 0 Å². The molecule has 0 radical (unpaired) electrons. The van der Waals surface area contributed by atoms with E-state index in [2.05, 4.69) is 10.6 Å². The number of rotatable bonds is 5. The van der Waals surface area contributed by atoms with Gasteiger partial charge in [-0.3, -0.25) is 4.79 Å². The second kappa shape index (κ2) is 8.10. The maximum absolute atomic E-state index is 12.7. The molecule has 1 fully saturated rings. The number of amides is 1. The van der Waals surface area contributed by atoms with Gasteiger partial charge in [-0.15, -0.1) is 12.4 Å². The third-order valence-electron chi connectivity index (χ3n) is 4.03. The fourth-order valence-electron chi connectivity index (χ4n) is 2.75. The quantitative estimate of drug-likeness (QED) is 0.826. The topological polar surface area (TPSA) is 84.5 Å². The van der Waals surface area contributed by atoms with Gasteiger partial charge in [-0.2, -0.15) is 0 Å². The number of hydrogen-bond acceptors (Lipinski definition) is 5. The number of ether oxygens (including phenoxy) is 1. The highest BCUT2D eigenvalue weighted by atomic mass is 35.5. The summed E-state index contributed by atoms with van der Waals surface area (Å²) in [5.41, 5.74) is 1.50. The minimum atomic E-state index is -3.50. The van der Waals surface area contributed by atoms with Crippen molar-refractivity contribution in [3.05, 3.63) is 29.8 Å². The molecule has 1 amide bonds. The molecule has 2 N–H and O–H groups in total. The highest BCUT2D eigenvalue weighted by molar-refractivity contribution is 7.92. The van der Waals surface area contributed by atoms with E-state index in [1.54, 1.807) is 25.3 Å². The summed E-state index contributed by atoms with van der Waals surface area (Å²) in [6.45, 7) is 1.47. The molecule has 1 saturated heterocycles. The Balaban J connectivity index is 0.00000264. The van der Waals surface area contributed by atoms with Crippen molar-refractivity contribution < 1.29 is 17.9 Å². The Bertz CT molecular complexity index is 643. The van der Waals surface area contributed by atoms with Gasteiger partial charge < -0.3 is 15.4 Å². The molecule has 0 unspecified atom stereocenters. The minimum absolute atomic E-state index is 0. The molecule has 23 heavy (non-hydrogen) atoms. The molecule has 0 bridgehead atoms. The van der Waals surface area contributed by atoms with E-state index in [9.17, 15) is 13.2 Å². The first-order chi connectivity index (χ1) is 10.4. The molecule has 0 aromatic heterocycles. The third-order valence-corrected chi connectivity index (χ3v) is 6.04. The largest absolute Gasteiger partial charge is 0.380 e. The summed E-state index contributed by atoms with van der Waals surface area (Å²) in [6.07, 6.45) is 1.71. The lowest BCUT2D eigenvalue weighted by Crippen LogP contribution is -2.55. The van der Waals surface area contributed by atoms with Gasteiger partial charge in [0.25, 0.3) is 0 Å². The van der Waals surface area contributed by atoms with Crippen LogP contribution >= 0.6 is 12.4 Å². The first kappa shape index (κ1) is 19.9. The number of halogens is 1. The highest BCUT2D eigenvalue weighted by Crippen LogP contribution is 2.29. The Kier molecular flexibility index (Phi) is 7.01. The molecule has 1 aliphatic rings. The summed E-state index contributed by atoms with van der Waals surface area (Å²) in [5.74, 6) is -0.453. The highest BCUT2D eigenvalue weighted by Gasteiger charge is 2.48. The fourth-order valence-corrected chi connectivity index (χ4v) is 4.08. The molecule has 130 valence electrons. The van der Waals surface area contributed by atoms with Crippen LogP contribution in [0.15, 0.2) is 24.3 Å². The molecule has 1 heterocycles. The second-order valence-corrected chi connectivity index (χ2v) is 7.93. The molecule has 0 atom stereocenters. The summed E-state index contributed by atoms with van der Waals surface area (Å²) in [5, 5.41) is 5.85. The maximum Gasteiger partial charge on any atom is 0.245 e. The van der Waals surface area contributed by atoms with E-state index in [1.807, 2.05) is 6.07 Å². The predicted octanol–water partition coefficient (Wildman–Crippen LogP) is 1.36. The van der Waals surface area contributed by atoms with Gasteiger partial charge in [0.05, 0.1) is 6.61 Å². The van der Waals surface area contributed by atoms with Crippen LogP contribution in [0, 0.1) is 0 Å². The number of hydrogen-bond donors (Lipinski definition) is 2. The van der Waals surface area contributed by atoms with Crippen molar-refractivity contribution in [3.8, 4) is 0 Å². The minimum Gasteiger partial charge on any atom is -0.380 e. The summed E-state index contributed by atoms with van der Waals surface area (Å²) in [6, 6.07) is 7.22. The Morgan fingerprint density at radius 3 is 2.57 bits per heavy atom. The molecular weight excluding hydrogens is 340 g/mol. The zero-order chi connectivity index (χ0) is 16.2. The van der Waals surface area contributed by atoms with E-state index in [1.165, 1.54) is 0 Å². The summed E-state index contributed by atoms with van der Waals surface area (Å²) in [4.78, 5) is 12.7. The van der Waals surface area contributed by atoms with Crippen molar-refractivity contribution in [3.63, 3.8) is 0 Å². The number of anilines is 1.